The molecule has 2 aromatic heterocycles. The lowest BCUT2D eigenvalue weighted by atomic mass is 10.2. The number of halogens is 1. The van der Waals surface area contributed by atoms with E-state index in [-0.39, 0.29) is 22.1 Å². The lowest BCUT2D eigenvalue weighted by Crippen LogP contribution is -2.29. The van der Waals surface area contributed by atoms with Gasteiger partial charge < -0.3 is 5.11 Å². The molecule has 0 bridgehead atoms. The summed E-state index contributed by atoms with van der Waals surface area (Å²) in [5.41, 5.74) is 0.352. The Morgan fingerprint density at radius 2 is 2.08 bits per heavy atom. The first-order valence-electron chi connectivity index (χ1n) is 6.91. The number of carboxylic acids is 1. The van der Waals surface area contributed by atoms with E-state index in [0.717, 1.165) is 9.87 Å². The third-order valence-corrected chi connectivity index (χ3v) is 5.27. The summed E-state index contributed by atoms with van der Waals surface area (Å²) in [7, 11) is -3.05. The maximum atomic E-state index is 12.8. The summed E-state index contributed by atoms with van der Waals surface area (Å²) in [6, 6.07) is 4.08. The van der Waals surface area contributed by atoms with Crippen molar-refractivity contribution in [3.63, 3.8) is 0 Å². The Morgan fingerprint density at radius 3 is 2.76 bits per heavy atom. The molecule has 25 heavy (non-hydrogen) atoms. The fraction of sp³-hybridized carbons (Fsp3) is 0.143. The number of sulfonamides is 1. The van der Waals surface area contributed by atoms with E-state index in [2.05, 4.69) is 15.1 Å². The normalized spacial score (nSPS) is 11.6. The van der Waals surface area contributed by atoms with E-state index < -0.39 is 21.1 Å². The summed E-state index contributed by atoms with van der Waals surface area (Å²) < 4.78 is 27.6. The summed E-state index contributed by atoms with van der Waals surface area (Å²) in [6.07, 6.45) is 3.10. The minimum absolute atomic E-state index is 0.0243. The van der Waals surface area contributed by atoms with Crippen molar-refractivity contribution >= 4 is 39.1 Å². The highest BCUT2D eigenvalue weighted by atomic mass is 35.5. The van der Waals surface area contributed by atoms with Gasteiger partial charge in [-0.1, -0.05) is 17.7 Å². The fourth-order valence-corrected chi connectivity index (χ4v) is 3.64. The molecule has 3 rings (SSSR count). The minimum Gasteiger partial charge on any atom is -0.478 e. The molecule has 130 valence electrons. The lowest BCUT2D eigenvalue weighted by molar-refractivity contribution is 0.0698. The Hall–Kier alpha value is -2.72. The van der Waals surface area contributed by atoms with Crippen molar-refractivity contribution in [1.82, 2.24) is 19.6 Å². The summed E-state index contributed by atoms with van der Waals surface area (Å²) in [5.74, 6) is -1.20. The van der Waals surface area contributed by atoms with Crippen LogP contribution in [0.2, 0.25) is 5.02 Å². The summed E-state index contributed by atoms with van der Waals surface area (Å²) >= 11 is 6.03. The molecule has 3 aromatic rings. The van der Waals surface area contributed by atoms with Crippen LogP contribution in [0.3, 0.4) is 0 Å². The van der Waals surface area contributed by atoms with Crippen LogP contribution in [0, 0.1) is 6.92 Å². The average Bonchev–Trinajstić information content (AvgIpc) is 2.97. The zero-order valence-corrected chi connectivity index (χ0v) is 14.7. The third kappa shape index (κ3) is 2.89. The van der Waals surface area contributed by atoms with E-state index in [1.807, 2.05) is 0 Å². The molecule has 0 aliphatic rings. The minimum atomic E-state index is -4.24. The second-order valence-electron chi connectivity index (χ2n) is 5.18. The van der Waals surface area contributed by atoms with Crippen molar-refractivity contribution in [1.29, 1.82) is 0 Å². The number of carbonyl (C=O) groups is 1. The molecule has 0 amide bonds. The summed E-state index contributed by atoms with van der Waals surface area (Å²) in [4.78, 5) is 19.3. The van der Waals surface area contributed by atoms with Crippen LogP contribution in [-0.2, 0) is 10.0 Å². The topological polar surface area (TPSA) is 118 Å². The van der Waals surface area contributed by atoms with Gasteiger partial charge in [-0.2, -0.15) is 13.4 Å². The molecule has 0 fully saturated rings. The van der Waals surface area contributed by atoms with E-state index in [1.54, 1.807) is 13.1 Å². The fourth-order valence-electron chi connectivity index (χ4n) is 2.22. The quantitative estimate of drug-likeness (QED) is 0.729. The molecular weight excluding hydrogens is 370 g/mol. The molecule has 0 spiro atoms. The molecule has 9 nitrogen and oxygen atoms in total. The number of aromatic carboxylic acids is 1. The van der Waals surface area contributed by atoms with Crippen LogP contribution in [0.25, 0.3) is 5.78 Å². The Kier molecular flexibility index (Phi) is 4.09. The number of rotatable bonds is 4. The van der Waals surface area contributed by atoms with Gasteiger partial charge in [0.15, 0.2) is 0 Å². The highest BCUT2D eigenvalue weighted by molar-refractivity contribution is 7.92. The number of nitrogens with zero attached hydrogens (tertiary/aromatic N) is 5. The van der Waals surface area contributed by atoms with Crippen LogP contribution >= 0.6 is 11.6 Å². The predicted molar refractivity (Wildman–Crippen MR) is 89.5 cm³/mol. The van der Waals surface area contributed by atoms with Crippen LogP contribution in [0.4, 0.5) is 5.69 Å². The number of anilines is 1. The molecule has 11 heteroatoms. The van der Waals surface area contributed by atoms with Crippen LogP contribution < -0.4 is 4.31 Å². The van der Waals surface area contributed by atoms with Crippen molar-refractivity contribution in [2.45, 2.75) is 12.1 Å². The molecule has 0 atom stereocenters. The van der Waals surface area contributed by atoms with Gasteiger partial charge in [0, 0.05) is 19.4 Å². The number of hydrogen-bond acceptors (Lipinski definition) is 6. The Bertz CT molecular complexity index is 1100. The smallest absolute Gasteiger partial charge is 0.337 e. The number of carboxylic acid groups (broad SMARTS) is 1. The molecule has 0 unspecified atom stereocenters. The number of hydrogen-bond donors (Lipinski definition) is 1. The van der Waals surface area contributed by atoms with E-state index in [4.69, 9.17) is 11.6 Å². The van der Waals surface area contributed by atoms with E-state index >= 15 is 0 Å². The van der Waals surface area contributed by atoms with Gasteiger partial charge >= 0.3 is 16.0 Å². The summed E-state index contributed by atoms with van der Waals surface area (Å²) in [5, 5.41) is 12.7. The molecule has 0 saturated carbocycles. The largest absolute Gasteiger partial charge is 0.478 e. The molecule has 0 radical (unpaired) electrons. The van der Waals surface area contributed by atoms with Gasteiger partial charge in [0.25, 0.3) is 10.9 Å². The first kappa shape index (κ1) is 17.1. The molecule has 0 aliphatic carbocycles. The van der Waals surface area contributed by atoms with Gasteiger partial charge in [-0.25, -0.2) is 14.3 Å². The molecule has 2 heterocycles. The molecule has 0 saturated heterocycles. The summed E-state index contributed by atoms with van der Waals surface area (Å²) in [6.45, 7) is 1.78. The lowest BCUT2D eigenvalue weighted by Gasteiger charge is -2.20. The number of fused-ring (bicyclic) bond motifs is 1. The van der Waals surface area contributed by atoms with Gasteiger partial charge in [0.1, 0.15) is 0 Å². The first-order valence-corrected chi connectivity index (χ1v) is 8.73. The number of aromatic nitrogens is 4. The monoisotopic (exact) mass is 381 g/mol. The average molecular weight is 382 g/mol. The Morgan fingerprint density at radius 1 is 1.36 bits per heavy atom. The zero-order chi connectivity index (χ0) is 18.4. The van der Waals surface area contributed by atoms with E-state index in [0.29, 0.717) is 0 Å². The van der Waals surface area contributed by atoms with Crippen LogP contribution in [0.15, 0.2) is 35.7 Å². The van der Waals surface area contributed by atoms with Crippen LogP contribution in [0.5, 0.6) is 0 Å². The molecule has 1 N–H and O–H groups in total. The molecule has 1 aromatic carbocycles. The van der Waals surface area contributed by atoms with Crippen LogP contribution in [0.1, 0.15) is 15.9 Å². The van der Waals surface area contributed by atoms with Crippen LogP contribution in [-0.4, -0.2) is 46.1 Å². The highest BCUT2D eigenvalue weighted by Crippen LogP contribution is 2.32. The number of aryl methyl sites for hydroxylation is 1. The predicted octanol–water partition coefficient (Wildman–Crippen LogP) is 1.61. The van der Waals surface area contributed by atoms with Gasteiger partial charge in [-0.3, -0.25) is 4.31 Å². The SMILES string of the molecule is Cc1cnc2nc(S(=O)(=O)N(C)c3c(Cl)cccc3C(=O)O)nn2c1. The number of benzene rings is 1. The van der Waals surface area contributed by atoms with Gasteiger partial charge in [-0.15, -0.1) is 5.10 Å². The van der Waals surface area contributed by atoms with E-state index in [1.165, 1.54) is 36.0 Å². The highest BCUT2D eigenvalue weighted by Gasteiger charge is 2.31. The maximum Gasteiger partial charge on any atom is 0.337 e. The maximum absolute atomic E-state index is 12.8. The second kappa shape index (κ2) is 5.97. The van der Waals surface area contributed by atoms with Crippen molar-refractivity contribution in [3.05, 3.63) is 46.7 Å². The third-order valence-electron chi connectivity index (χ3n) is 3.43. The van der Waals surface area contributed by atoms with Crippen molar-refractivity contribution < 1.29 is 18.3 Å². The van der Waals surface area contributed by atoms with Gasteiger partial charge in [0.2, 0.25) is 0 Å². The Balaban J connectivity index is 2.15. The van der Waals surface area contributed by atoms with Gasteiger partial charge in [0.05, 0.1) is 16.3 Å². The van der Waals surface area contributed by atoms with Gasteiger partial charge in [-0.05, 0) is 24.6 Å². The molecular formula is C14H12ClN5O4S. The van der Waals surface area contributed by atoms with Crippen molar-refractivity contribution in [2.24, 2.45) is 0 Å². The van der Waals surface area contributed by atoms with Crippen molar-refractivity contribution in [3.8, 4) is 0 Å². The first-order chi connectivity index (χ1) is 11.7. The standard InChI is InChI=1S/C14H12ClN5O4S/c1-8-6-16-13-17-14(18-20(13)7-8)25(23,24)19(2)11-9(12(21)22)4-3-5-10(11)15/h3-7H,1-2H3,(H,21,22). The van der Waals surface area contributed by atoms with Crippen molar-refractivity contribution in [2.75, 3.05) is 11.4 Å². The zero-order valence-electron chi connectivity index (χ0n) is 13.1. The van der Waals surface area contributed by atoms with E-state index in [9.17, 15) is 18.3 Å². The number of para-hydroxylation sites is 1. The Labute approximate surface area is 147 Å². The molecule has 0 aliphatic heterocycles. The second-order valence-corrected chi connectivity index (χ2v) is 7.45.